The number of hydrogen-bond donors (Lipinski definition) is 0. The highest BCUT2D eigenvalue weighted by atomic mass is 35.5. The Labute approximate surface area is 130 Å². The summed E-state index contributed by atoms with van der Waals surface area (Å²) < 4.78 is 0. The molecule has 2 rings (SSSR count). The molecular formula is C13H9Cl3N2O2. The van der Waals surface area contributed by atoms with Crippen LogP contribution >= 0.6 is 34.8 Å². The van der Waals surface area contributed by atoms with Crippen LogP contribution in [0.4, 0.5) is 5.69 Å². The zero-order valence-corrected chi connectivity index (χ0v) is 12.8. The number of hydrogen-bond acceptors (Lipinski definition) is 3. The first-order valence-corrected chi connectivity index (χ1v) is 6.75. The molecule has 2 amide bonds. The lowest BCUT2D eigenvalue weighted by atomic mass is 10.1. The number of amides is 2. The molecule has 20 heavy (non-hydrogen) atoms. The third kappa shape index (κ3) is 2.24. The topological polar surface area (TPSA) is 50.3 Å². The third-order valence-corrected chi connectivity index (χ3v) is 3.84. The Hall–Kier alpha value is -1.36. The minimum absolute atomic E-state index is 0.0243. The van der Waals surface area contributed by atoms with Gasteiger partial charge in [-0.05, 0) is 13.8 Å². The minimum atomic E-state index is -0.489. The van der Waals surface area contributed by atoms with Crippen molar-refractivity contribution in [2.24, 2.45) is 0 Å². The van der Waals surface area contributed by atoms with Gasteiger partial charge in [0.2, 0.25) is 0 Å². The number of allylic oxidation sites excluding steroid dienone is 1. The van der Waals surface area contributed by atoms with Crippen molar-refractivity contribution in [1.82, 2.24) is 4.98 Å². The monoisotopic (exact) mass is 330 g/mol. The molecule has 1 aromatic rings. The molecular weight excluding hydrogens is 323 g/mol. The van der Waals surface area contributed by atoms with E-state index in [2.05, 4.69) is 4.98 Å². The maximum atomic E-state index is 12.3. The predicted octanol–water partition coefficient (Wildman–Crippen LogP) is 3.81. The number of aromatic nitrogens is 1. The van der Waals surface area contributed by atoms with Gasteiger partial charge in [0.1, 0.15) is 10.2 Å². The van der Waals surface area contributed by atoms with Crippen molar-refractivity contribution in [3.63, 3.8) is 0 Å². The summed E-state index contributed by atoms with van der Waals surface area (Å²) in [6.45, 7) is 3.32. The highest BCUT2D eigenvalue weighted by molar-refractivity contribution is 6.48. The lowest BCUT2D eigenvalue weighted by molar-refractivity contribution is -0.120. The van der Waals surface area contributed by atoms with Crippen molar-refractivity contribution in [1.29, 1.82) is 0 Å². The van der Waals surface area contributed by atoms with Crippen molar-refractivity contribution in [2.45, 2.75) is 13.8 Å². The summed E-state index contributed by atoms with van der Waals surface area (Å²) in [6, 6.07) is 0. The summed E-state index contributed by atoms with van der Waals surface area (Å²) in [4.78, 5) is 29.3. The fraction of sp³-hybridized carbons (Fsp3) is 0.154. The summed E-state index contributed by atoms with van der Waals surface area (Å²) >= 11 is 17.8. The highest BCUT2D eigenvalue weighted by Gasteiger charge is 2.38. The van der Waals surface area contributed by atoms with Crippen molar-refractivity contribution < 1.29 is 9.59 Å². The van der Waals surface area contributed by atoms with E-state index in [-0.39, 0.29) is 20.9 Å². The smallest absolute Gasteiger partial charge is 0.265 e. The average Bonchev–Trinajstić information content (AvgIpc) is 2.61. The van der Waals surface area contributed by atoms with Gasteiger partial charge in [-0.3, -0.25) is 9.59 Å². The van der Waals surface area contributed by atoms with Crippen LogP contribution in [-0.4, -0.2) is 16.8 Å². The van der Waals surface area contributed by atoms with E-state index in [0.29, 0.717) is 11.1 Å². The van der Waals surface area contributed by atoms with E-state index in [9.17, 15) is 9.59 Å². The van der Waals surface area contributed by atoms with Gasteiger partial charge in [-0.15, -0.1) is 0 Å². The molecule has 2 heterocycles. The second-order valence-electron chi connectivity index (χ2n) is 4.04. The molecule has 0 aliphatic carbocycles. The van der Waals surface area contributed by atoms with Crippen LogP contribution in [0.15, 0.2) is 29.5 Å². The fourth-order valence-electron chi connectivity index (χ4n) is 1.86. The van der Waals surface area contributed by atoms with Gasteiger partial charge in [-0.25, -0.2) is 9.88 Å². The molecule has 0 atom stereocenters. The Morgan fingerprint density at radius 3 is 2.45 bits per heavy atom. The maximum Gasteiger partial charge on any atom is 0.265 e. The van der Waals surface area contributed by atoms with E-state index in [4.69, 9.17) is 34.8 Å². The second kappa shape index (κ2) is 5.56. The third-order valence-electron chi connectivity index (χ3n) is 2.82. The van der Waals surface area contributed by atoms with E-state index in [1.54, 1.807) is 26.0 Å². The number of nitrogens with zero attached hydrogens (tertiary/aromatic N) is 2. The molecule has 0 bridgehead atoms. The van der Waals surface area contributed by atoms with Crippen LogP contribution in [0.3, 0.4) is 0 Å². The van der Waals surface area contributed by atoms with E-state index in [1.165, 1.54) is 6.20 Å². The lowest BCUT2D eigenvalue weighted by Crippen LogP contribution is -2.32. The zero-order chi connectivity index (χ0) is 15.0. The largest absolute Gasteiger partial charge is 0.269 e. The first-order valence-electron chi connectivity index (χ1n) is 5.62. The van der Waals surface area contributed by atoms with Crippen LogP contribution in [-0.2, 0) is 9.59 Å². The molecule has 0 N–H and O–H groups in total. The molecule has 0 saturated carbocycles. The van der Waals surface area contributed by atoms with Crippen LogP contribution < -0.4 is 4.90 Å². The lowest BCUT2D eigenvalue weighted by Gasteiger charge is -2.18. The zero-order valence-electron chi connectivity index (χ0n) is 10.6. The van der Waals surface area contributed by atoms with Gasteiger partial charge in [0, 0.05) is 17.3 Å². The molecule has 104 valence electrons. The summed E-state index contributed by atoms with van der Waals surface area (Å²) in [5.41, 5.74) is 0.688. The highest BCUT2D eigenvalue weighted by Crippen LogP contribution is 2.40. The summed E-state index contributed by atoms with van der Waals surface area (Å²) in [7, 11) is 0. The summed E-state index contributed by atoms with van der Waals surface area (Å²) in [5, 5.41) is 0.0230. The minimum Gasteiger partial charge on any atom is -0.269 e. The Balaban J connectivity index is 2.61. The molecule has 1 aliphatic heterocycles. The summed E-state index contributed by atoms with van der Waals surface area (Å²) in [6.07, 6.45) is 4.49. The van der Waals surface area contributed by atoms with Gasteiger partial charge in [0.15, 0.2) is 0 Å². The van der Waals surface area contributed by atoms with E-state index >= 15 is 0 Å². The predicted molar refractivity (Wildman–Crippen MR) is 79.3 cm³/mol. The van der Waals surface area contributed by atoms with Gasteiger partial charge in [0.25, 0.3) is 11.8 Å². The van der Waals surface area contributed by atoms with Crippen LogP contribution in [0.1, 0.15) is 13.8 Å². The quantitative estimate of drug-likeness (QED) is 0.611. The van der Waals surface area contributed by atoms with Crippen molar-refractivity contribution in [2.75, 3.05) is 4.90 Å². The standard InChI is InChI=1S/C13H9Cl3N2O2/c1-3-4-7-6(2)12(19)18(13(7)20)10-8(14)5-17-11(16)9(10)15/h3-5H,1-2H3/b4-3-. The van der Waals surface area contributed by atoms with Gasteiger partial charge >= 0.3 is 0 Å². The van der Waals surface area contributed by atoms with E-state index in [1.807, 2.05) is 0 Å². The van der Waals surface area contributed by atoms with Crippen LogP contribution in [0.2, 0.25) is 15.2 Å². The molecule has 0 unspecified atom stereocenters. The van der Waals surface area contributed by atoms with Gasteiger partial charge in [0.05, 0.1) is 10.7 Å². The SMILES string of the molecule is C/C=C\C1=C(C)C(=O)N(c2c(Cl)cnc(Cl)c2Cl)C1=O. The molecule has 1 aliphatic rings. The number of carbonyl (C=O) groups is 2. The van der Waals surface area contributed by atoms with Gasteiger partial charge in [-0.1, -0.05) is 47.0 Å². The van der Waals surface area contributed by atoms with Gasteiger partial charge in [-0.2, -0.15) is 0 Å². The van der Waals surface area contributed by atoms with Crippen LogP contribution in [0.5, 0.6) is 0 Å². The number of anilines is 1. The number of carbonyl (C=O) groups excluding carboxylic acids is 2. The molecule has 7 heteroatoms. The maximum absolute atomic E-state index is 12.3. The number of imide groups is 1. The molecule has 0 fully saturated rings. The Morgan fingerprint density at radius 2 is 1.85 bits per heavy atom. The Bertz CT molecular complexity index is 680. The first kappa shape index (κ1) is 15.0. The number of halogens is 3. The molecule has 0 saturated heterocycles. The van der Waals surface area contributed by atoms with Gasteiger partial charge < -0.3 is 0 Å². The molecule has 0 aromatic carbocycles. The molecule has 1 aromatic heterocycles. The number of pyridine rings is 1. The fourth-order valence-corrected chi connectivity index (χ4v) is 2.51. The van der Waals surface area contributed by atoms with Crippen LogP contribution in [0, 0.1) is 0 Å². The average molecular weight is 332 g/mol. The Morgan fingerprint density at radius 1 is 1.20 bits per heavy atom. The molecule has 4 nitrogen and oxygen atoms in total. The summed E-state index contributed by atoms with van der Waals surface area (Å²) in [5.74, 6) is -0.967. The normalized spacial score (nSPS) is 15.9. The second-order valence-corrected chi connectivity index (χ2v) is 5.19. The van der Waals surface area contributed by atoms with Crippen molar-refractivity contribution in [3.05, 3.63) is 44.7 Å². The van der Waals surface area contributed by atoms with Crippen molar-refractivity contribution >= 4 is 52.3 Å². The number of rotatable bonds is 2. The van der Waals surface area contributed by atoms with E-state index in [0.717, 1.165) is 4.90 Å². The van der Waals surface area contributed by atoms with Crippen molar-refractivity contribution in [3.8, 4) is 0 Å². The van der Waals surface area contributed by atoms with E-state index < -0.39 is 11.8 Å². The molecule has 0 radical (unpaired) electrons. The van der Waals surface area contributed by atoms with Crippen LogP contribution in [0.25, 0.3) is 0 Å². The molecule has 0 spiro atoms. The first-order chi connectivity index (χ1) is 9.40. The Kier molecular flexibility index (Phi) is 4.18.